The van der Waals surface area contributed by atoms with E-state index in [0.29, 0.717) is 22.4 Å². The van der Waals surface area contributed by atoms with Gasteiger partial charge >= 0.3 is 12.2 Å². The van der Waals surface area contributed by atoms with Crippen LogP contribution in [0.15, 0.2) is 35.7 Å². The fraction of sp³-hybridized carbons (Fsp3) is 0.500. The Hall–Kier alpha value is -2.95. The molecule has 3 aromatic heterocycles. The number of carbonyl (C=O) groups is 2. The molecule has 0 spiro atoms. The summed E-state index contributed by atoms with van der Waals surface area (Å²) in [5, 5.41) is 7.58. The van der Waals surface area contributed by atoms with E-state index in [1.165, 1.54) is 16.0 Å². The summed E-state index contributed by atoms with van der Waals surface area (Å²) < 4.78 is 21.5. The Balaban J connectivity index is 1.90. The molecule has 0 saturated heterocycles. The van der Waals surface area contributed by atoms with E-state index in [2.05, 4.69) is 45.8 Å². The van der Waals surface area contributed by atoms with Crippen molar-refractivity contribution in [3.63, 3.8) is 0 Å². The minimum absolute atomic E-state index is 0.160. The largest absolute Gasteiger partial charge is 0.443 e. The first-order valence-electron chi connectivity index (χ1n) is 13.5. The molecule has 216 valence electrons. The number of aromatic nitrogens is 3. The van der Waals surface area contributed by atoms with Crippen LogP contribution in [0.2, 0.25) is 5.04 Å². The van der Waals surface area contributed by atoms with E-state index in [0.717, 1.165) is 15.6 Å². The minimum atomic E-state index is -0.796. The summed E-state index contributed by atoms with van der Waals surface area (Å²) in [5.41, 5.74) is 1.51. The Morgan fingerprint density at radius 3 is 2.05 bits per heavy atom. The predicted molar refractivity (Wildman–Crippen MR) is 164 cm³/mol. The van der Waals surface area contributed by atoms with Crippen LogP contribution in [0, 0.1) is 0 Å². The van der Waals surface area contributed by atoms with Gasteiger partial charge in [-0.1, -0.05) is 26.8 Å². The number of hydrogen-bond acceptors (Lipinski definition) is 7. The van der Waals surface area contributed by atoms with Gasteiger partial charge in [-0.15, -0.1) is 11.3 Å². The minimum Gasteiger partial charge on any atom is -0.443 e. The maximum atomic E-state index is 13.6. The highest BCUT2D eigenvalue weighted by Gasteiger charge is 2.30. The normalized spacial score (nSPS) is 13.6. The lowest BCUT2D eigenvalue weighted by atomic mass is 9.97. The van der Waals surface area contributed by atoms with Gasteiger partial charge < -0.3 is 13.9 Å². The quantitative estimate of drug-likeness (QED) is 0.228. The van der Waals surface area contributed by atoms with E-state index in [9.17, 15) is 9.59 Å². The third kappa shape index (κ3) is 6.50. The lowest BCUT2D eigenvalue weighted by Crippen LogP contribution is -2.28. The van der Waals surface area contributed by atoms with Crippen molar-refractivity contribution in [2.45, 2.75) is 98.0 Å². The number of nitrogens with zero attached hydrogens (tertiary/aromatic N) is 3. The molecule has 0 N–H and O–H groups in total. The topological polar surface area (TPSA) is 84.6 Å². The smallest absolute Gasteiger partial charge is 0.435 e. The van der Waals surface area contributed by atoms with Crippen LogP contribution in [0.3, 0.4) is 0 Å². The van der Waals surface area contributed by atoms with E-state index in [-0.39, 0.29) is 5.04 Å². The second-order valence-corrected chi connectivity index (χ2v) is 17.5. The first kappa shape index (κ1) is 30.0. The van der Waals surface area contributed by atoms with E-state index in [4.69, 9.17) is 13.9 Å². The molecule has 0 aliphatic rings. The summed E-state index contributed by atoms with van der Waals surface area (Å²) in [6, 6.07) is 9.76. The van der Waals surface area contributed by atoms with Gasteiger partial charge in [0.05, 0.1) is 27.0 Å². The number of carbonyl (C=O) groups excluding carboxylic acids is 2. The van der Waals surface area contributed by atoms with Crippen molar-refractivity contribution in [1.82, 2.24) is 14.3 Å². The van der Waals surface area contributed by atoms with Gasteiger partial charge in [0.1, 0.15) is 16.9 Å². The molecule has 0 amide bonds. The molecule has 4 aromatic rings. The van der Waals surface area contributed by atoms with Crippen LogP contribution in [0.1, 0.15) is 81.7 Å². The Labute approximate surface area is 242 Å². The highest BCUT2D eigenvalue weighted by atomic mass is 32.1. The van der Waals surface area contributed by atoms with Gasteiger partial charge in [-0.3, -0.25) is 0 Å². The Morgan fingerprint density at radius 2 is 1.45 bits per heavy atom. The molecule has 0 saturated carbocycles. The maximum Gasteiger partial charge on any atom is 0.435 e. The van der Waals surface area contributed by atoms with Gasteiger partial charge in [0.25, 0.3) is 0 Å². The van der Waals surface area contributed by atoms with Crippen LogP contribution in [0.25, 0.3) is 32.5 Å². The zero-order valence-corrected chi connectivity index (χ0v) is 27.7. The molecule has 0 bridgehead atoms. The van der Waals surface area contributed by atoms with Gasteiger partial charge in [-0.25, -0.2) is 14.2 Å². The van der Waals surface area contributed by atoms with Gasteiger partial charge in [0.15, 0.2) is 9.76 Å². The van der Waals surface area contributed by atoms with Crippen LogP contribution < -0.4 is 0 Å². The molecule has 0 aliphatic carbocycles. The summed E-state index contributed by atoms with van der Waals surface area (Å²) in [5.74, 6) is 0. The number of rotatable bonds is 4. The van der Waals surface area contributed by atoms with Crippen LogP contribution in [-0.2, 0) is 19.5 Å². The van der Waals surface area contributed by atoms with Gasteiger partial charge in [-0.2, -0.15) is 9.78 Å². The van der Waals surface area contributed by atoms with E-state index in [1.54, 1.807) is 4.57 Å². The van der Waals surface area contributed by atoms with Crippen LogP contribution in [0.4, 0.5) is 9.59 Å². The second kappa shape index (κ2) is 10.1. The molecule has 0 aliphatic heterocycles. The first-order chi connectivity index (χ1) is 18.3. The van der Waals surface area contributed by atoms with Crippen molar-refractivity contribution in [2.24, 2.45) is 0 Å². The predicted octanol–water partition coefficient (Wildman–Crippen LogP) is 7.84. The summed E-state index contributed by atoms with van der Waals surface area (Å²) in [4.78, 5) is 26.7. The number of thiophene rings is 1. The Bertz CT molecular complexity index is 1570. The van der Waals surface area contributed by atoms with Crippen molar-refractivity contribution in [2.75, 3.05) is 0 Å². The SMILES string of the molecule is CC(C)(C)OC(=O)n1nc(-c2cc3cc(C(C)(C)O[SiH2]C(C)(C)C)ccc3n2C(=O)OC(C)(C)C)c2sccc21. The van der Waals surface area contributed by atoms with E-state index < -0.39 is 38.8 Å². The fourth-order valence-corrected chi connectivity index (χ4v) is 6.03. The van der Waals surface area contributed by atoms with Crippen molar-refractivity contribution >= 4 is 54.4 Å². The monoisotopic (exact) mass is 583 g/mol. The molecule has 4 rings (SSSR count). The highest BCUT2D eigenvalue weighted by Crippen LogP contribution is 2.38. The number of fused-ring (bicyclic) bond motifs is 2. The van der Waals surface area contributed by atoms with Crippen molar-refractivity contribution < 1.29 is 23.5 Å². The van der Waals surface area contributed by atoms with E-state index >= 15 is 0 Å². The lowest BCUT2D eigenvalue weighted by Gasteiger charge is -2.30. The average Bonchev–Trinajstić information content (AvgIpc) is 3.47. The van der Waals surface area contributed by atoms with Gasteiger partial charge in [0, 0.05) is 5.39 Å². The second-order valence-electron chi connectivity index (χ2n) is 13.9. The van der Waals surface area contributed by atoms with Crippen molar-refractivity contribution in [3.8, 4) is 11.4 Å². The molecule has 0 fully saturated rings. The molecule has 40 heavy (non-hydrogen) atoms. The molecule has 0 unspecified atom stereocenters. The number of hydrogen-bond donors (Lipinski definition) is 0. The van der Waals surface area contributed by atoms with Gasteiger partial charge in [-0.05, 0) is 95.6 Å². The first-order valence-corrected chi connectivity index (χ1v) is 15.7. The third-order valence-corrected chi connectivity index (χ3v) is 8.68. The summed E-state index contributed by atoms with van der Waals surface area (Å²) in [6.45, 7) is 21.7. The molecule has 3 heterocycles. The third-order valence-electron chi connectivity index (χ3n) is 6.04. The number of ether oxygens (including phenoxy) is 2. The van der Waals surface area contributed by atoms with Crippen LogP contribution >= 0.6 is 11.3 Å². The standard InChI is InChI=1S/C30H41N3O5SSi/c1-27(2,3)36-25(34)32-20-13-12-19(30(10,11)38-40-29(7,8)9)16-18(20)17-22(32)23-24-21(14-15-39-24)33(31-23)26(35)37-28(4,5)6/h12-17H,40H2,1-11H3. The van der Waals surface area contributed by atoms with Crippen molar-refractivity contribution in [3.05, 3.63) is 41.3 Å². The lowest BCUT2D eigenvalue weighted by molar-refractivity contribution is 0.0520. The summed E-state index contributed by atoms with van der Waals surface area (Å²) >= 11 is 1.45. The van der Waals surface area contributed by atoms with Gasteiger partial charge in [0.2, 0.25) is 0 Å². The zero-order valence-electron chi connectivity index (χ0n) is 25.5. The molecular formula is C30H41N3O5SSi. The van der Waals surface area contributed by atoms with Crippen LogP contribution in [0.5, 0.6) is 0 Å². The zero-order chi connectivity index (χ0) is 29.8. The molecule has 0 atom stereocenters. The summed E-state index contributed by atoms with van der Waals surface area (Å²) in [6.07, 6.45) is -1.09. The molecule has 0 radical (unpaired) electrons. The summed E-state index contributed by atoms with van der Waals surface area (Å²) in [7, 11) is -0.796. The van der Waals surface area contributed by atoms with E-state index in [1.807, 2.05) is 71.2 Å². The highest BCUT2D eigenvalue weighted by molar-refractivity contribution is 7.17. The number of benzene rings is 1. The average molecular weight is 584 g/mol. The molecular weight excluding hydrogens is 542 g/mol. The fourth-order valence-electron chi connectivity index (χ4n) is 4.21. The Kier molecular flexibility index (Phi) is 7.62. The maximum absolute atomic E-state index is 13.6. The molecule has 10 heteroatoms. The molecule has 1 aromatic carbocycles. The van der Waals surface area contributed by atoms with Crippen LogP contribution in [-0.4, -0.2) is 47.5 Å². The molecule has 8 nitrogen and oxygen atoms in total. The van der Waals surface area contributed by atoms with Crippen molar-refractivity contribution in [1.29, 1.82) is 0 Å². The Morgan fingerprint density at radius 1 is 0.825 bits per heavy atom.